The van der Waals surface area contributed by atoms with Crippen LogP contribution >= 0.6 is 11.3 Å². The topological polar surface area (TPSA) is 36.4 Å². The summed E-state index contributed by atoms with van der Waals surface area (Å²) in [7, 11) is 0. The van der Waals surface area contributed by atoms with Crippen molar-refractivity contribution in [1.82, 2.24) is 14.8 Å². The first kappa shape index (κ1) is 22.6. The number of hydrogen-bond donors (Lipinski definition) is 0. The van der Waals surface area contributed by atoms with Crippen molar-refractivity contribution in [2.24, 2.45) is 0 Å². The fourth-order valence-corrected chi connectivity index (χ4v) is 5.73. The number of aryl methyl sites for hydroxylation is 3. The second-order valence-electron chi connectivity index (χ2n) is 9.22. The van der Waals surface area contributed by atoms with Crippen LogP contribution in [0.4, 0.5) is 0 Å². The van der Waals surface area contributed by atoms with Crippen LogP contribution in [0.15, 0.2) is 60.7 Å². The Morgan fingerprint density at radius 3 is 2.56 bits per heavy atom. The first-order chi connectivity index (χ1) is 16.5. The molecule has 0 spiro atoms. The van der Waals surface area contributed by atoms with E-state index in [1.165, 1.54) is 32.8 Å². The fraction of sp³-hybridized carbons (Fsp3) is 0.310. The van der Waals surface area contributed by atoms with Gasteiger partial charge in [-0.25, -0.2) is 4.98 Å². The van der Waals surface area contributed by atoms with Crippen molar-refractivity contribution in [1.29, 1.82) is 0 Å². The molecule has 3 aromatic rings. The van der Waals surface area contributed by atoms with Gasteiger partial charge < -0.3 is 9.80 Å². The average Bonchev–Trinajstić information content (AvgIpc) is 3.09. The summed E-state index contributed by atoms with van der Waals surface area (Å²) in [5.74, 6) is 0.191. The predicted molar refractivity (Wildman–Crippen MR) is 141 cm³/mol. The first-order valence-corrected chi connectivity index (χ1v) is 12.8. The predicted octanol–water partition coefficient (Wildman–Crippen LogP) is 5.44. The minimum Gasteiger partial charge on any atom is -0.358 e. The lowest BCUT2D eigenvalue weighted by molar-refractivity contribution is -0.131. The molecule has 0 atom stereocenters. The molecule has 0 unspecified atom stereocenters. The number of hydrogen-bond acceptors (Lipinski definition) is 4. The summed E-state index contributed by atoms with van der Waals surface area (Å²) >= 11 is 1.77. The van der Waals surface area contributed by atoms with E-state index in [2.05, 4.69) is 85.3 Å². The van der Waals surface area contributed by atoms with E-state index >= 15 is 0 Å². The Morgan fingerprint density at radius 2 is 1.76 bits per heavy atom. The number of benzene rings is 2. The van der Waals surface area contributed by atoms with Crippen LogP contribution in [0.1, 0.15) is 37.8 Å². The first-order valence-electron chi connectivity index (χ1n) is 12.0. The van der Waals surface area contributed by atoms with E-state index in [1.54, 1.807) is 11.3 Å². The largest absolute Gasteiger partial charge is 0.358 e. The van der Waals surface area contributed by atoms with Gasteiger partial charge in [0.25, 0.3) is 0 Å². The van der Waals surface area contributed by atoms with Gasteiger partial charge >= 0.3 is 0 Å². The zero-order valence-corrected chi connectivity index (χ0v) is 21.0. The molecule has 0 fully saturated rings. The van der Waals surface area contributed by atoms with Crippen molar-refractivity contribution >= 4 is 28.5 Å². The summed E-state index contributed by atoms with van der Waals surface area (Å²) in [4.78, 5) is 23.6. The van der Waals surface area contributed by atoms with E-state index in [0.29, 0.717) is 6.54 Å². The monoisotopic (exact) mass is 469 g/mol. The van der Waals surface area contributed by atoms with Gasteiger partial charge in [0, 0.05) is 43.1 Å². The van der Waals surface area contributed by atoms with Crippen LogP contribution in [0.25, 0.3) is 11.3 Å². The summed E-state index contributed by atoms with van der Waals surface area (Å²) in [6, 6.07) is 17.1. The normalized spacial score (nSPS) is 16.0. The summed E-state index contributed by atoms with van der Waals surface area (Å²) in [6.07, 6.45) is 6.24. The molecule has 2 aliphatic heterocycles. The van der Waals surface area contributed by atoms with E-state index in [4.69, 9.17) is 0 Å². The molecule has 0 aliphatic carbocycles. The minimum atomic E-state index is 0.191. The lowest BCUT2D eigenvalue weighted by atomic mass is 9.96. The van der Waals surface area contributed by atoms with Gasteiger partial charge in [-0.05, 0) is 54.7 Å². The Labute approximate surface area is 206 Å². The molecule has 5 heteroatoms. The Kier molecular flexibility index (Phi) is 6.38. The number of thiazole rings is 1. The van der Waals surface area contributed by atoms with E-state index in [1.807, 2.05) is 11.0 Å². The second kappa shape index (κ2) is 9.59. The molecule has 1 aromatic heterocycles. The molecule has 174 valence electrons. The van der Waals surface area contributed by atoms with Crippen molar-refractivity contribution in [2.75, 3.05) is 26.2 Å². The van der Waals surface area contributed by atoms with Crippen LogP contribution in [0.5, 0.6) is 0 Å². The SMILES string of the molecule is Cc1nc2c(s1)CCN(C(=O)CN1CC=C(c3ccc(C)c(C)c3)C=C1c1ccccc1)CC2. The van der Waals surface area contributed by atoms with Crippen LogP contribution in [0.3, 0.4) is 0 Å². The van der Waals surface area contributed by atoms with Gasteiger partial charge in [-0.15, -0.1) is 11.3 Å². The highest BCUT2D eigenvalue weighted by Crippen LogP contribution is 2.30. The van der Waals surface area contributed by atoms with Crippen LogP contribution in [0.2, 0.25) is 0 Å². The van der Waals surface area contributed by atoms with E-state index in [9.17, 15) is 4.79 Å². The van der Waals surface area contributed by atoms with Crippen molar-refractivity contribution in [3.63, 3.8) is 0 Å². The fourth-order valence-electron chi connectivity index (χ4n) is 4.76. The quantitative estimate of drug-likeness (QED) is 0.511. The molecule has 2 aromatic carbocycles. The van der Waals surface area contributed by atoms with Crippen molar-refractivity contribution in [2.45, 2.75) is 33.6 Å². The summed E-state index contributed by atoms with van der Waals surface area (Å²) in [5.41, 5.74) is 8.47. The molecule has 1 amide bonds. The molecule has 4 nitrogen and oxygen atoms in total. The Balaban J connectivity index is 1.36. The molecule has 5 rings (SSSR count). The second-order valence-corrected chi connectivity index (χ2v) is 10.5. The molecular formula is C29H31N3OS. The highest BCUT2D eigenvalue weighted by atomic mass is 32.1. The lowest BCUT2D eigenvalue weighted by Crippen LogP contribution is -2.41. The Bertz CT molecular complexity index is 1250. The molecule has 2 aliphatic rings. The summed E-state index contributed by atoms with van der Waals surface area (Å²) in [5, 5.41) is 1.13. The molecule has 0 bridgehead atoms. The maximum Gasteiger partial charge on any atom is 0.242 e. The standard InChI is InChI=1S/C29H31N3OS/c1-20-9-10-24(17-21(20)2)25-11-14-32(27(18-25)23-7-5-4-6-8-23)19-29(33)31-15-12-26-28(13-16-31)34-22(3)30-26/h4-11,17-18H,12-16,19H2,1-3H3. The van der Waals surface area contributed by atoms with Crippen LogP contribution in [0, 0.1) is 20.8 Å². The highest BCUT2D eigenvalue weighted by molar-refractivity contribution is 7.11. The van der Waals surface area contributed by atoms with Gasteiger partial charge in [-0.1, -0.05) is 54.6 Å². The number of nitrogens with zero attached hydrogens (tertiary/aromatic N) is 3. The lowest BCUT2D eigenvalue weighted by Gasteiger charge is -2.32. The third-order valence-electron chi connectivity index (χ3n) is 6.87. The third-order valence-corrected chi connectivity index (χ3v) is 7.94. The van der Waals surface area contributed by atoms with Gasteiger partial charge in [-0.2, -0.15) is 0 Å². The van der Waals surface area contributed by atoms with Gasteiger partial charge in [0.05, 0.1) is 17.2 Å². The van der Waals surface area contributed by atoms with Crippen molar-refractivity contribution < 1.29 is 4.79 Å². The van der Waals surface area contributed by atoms with E-state index in [0.717, 1.165) is 48.7 Å². The third kappa shape index (κ3) is 4.71. The smallest absolute Gasteiger partial charge is 0.242 e. The molecule has 0 radical (unpaired) electrons. The molecule has 0 saturated carbocycles. The van der Waals surface area contributed by atoms with Gasteiger partial charge in [0.2, 0.25) is 5.91 Å². The number of carbonyl (C=O) groups is 1. The number of rotatable bonds is 4. The Hall–Kier alpha value is -3.18. The molecular weight excluding hydrogens is 438 g/mol. The van der Waals surface area contributed by atoms with Crippen molar-refractivity contribution in [3.05, 3.63) is 98.5 Å². The molecule has 0 saturated heterocycles. The van der Waals surface area contributed by atoms with Crippen molar-refractivity contribution in [3.8, 4) is 0 Å². The zero-order valence-electron chi connectivity index (χ0n) is 20.2. The number of allylic oxidation sites excluding steroid dienone is 2. The number of amides is 1. The van der Waals surface area contributed by atoms with E-state index < -0.39 is 0 Å². The number of carbonyl (C=O) groups excluding carboxylic acids is 1. The average molecular weight is 470 g/mol. The maximum absolute atomic E-state index is 13.4. The Morgan fingerprint density at radius 1 is 0.971 bits per heavy atom. The molecule has 3 heterocycles. The molecule has 0 N–H and O–H groups in total. The van der Waals surface area contributed by atoms with E-state index in [-0.39, 0.29) is 5.91 Å². The zero-order chi connectivity index (χ0) is 23.7. The van der Waals surface area contributed by atoms with Gasteiger partial charge in [0.15, 0.2) is 0 Å². The van der Waals surface area contributed by atoms with Gasteiger partial charge in [-0.3, -0.25) is 4.79 Å². The maximum atomic E-state index is 13.4. The van der Waals surface area contributed by atoms with Crippen LogP contribution in [-0.2, 0) is 17.6 Å². The molecule has 34 heavy (non-hydrogen) atoms. The van der Waals surface area contributed by atoms with Gasteiger partial charge in [0.1, 0.15) is 0 Å². The van der Waals surface area contributed by atoms with Crippen LogP contribution < -0.4 is 0 Å². The summed E-state index contributed by atoms with van der Waals surface area (Å²) < 4.78 is 0. The number of aromatic nitrogens is 1. The highest BCUT2D eigenvalue weighted by Gasteiger charge is 2.25. The minimum absolute atomic E-state index is 0.191. The van der Waals surface area contributed by atoms with Crippen LogP contribution in [-0.4, -0.2) is 46.9 Å². The summed E-state index contributed by atoms with van der Waals surface area (Å²) in [6.45, 7) is 8.99. The number of fused-ring (bicyclic) bond motifs is 1.